The number of piperidine rings is 1. The second kappa shape index (κ2) is 10.1. The minimum absolute atomic E-state index is 0.0676. The van der Waals surface area contributed by atoms with E-state index in [1.165, 1.54) is 25.9 Å². The highest BCUT2D eigenvalue weighted by Crippen LogP contribution is 2.36. The molecule has 0 bridgehead atoms. The molecule has 3 aliphatic heterocycles. The van der Waals surface area contributed by atoms with Gasteiger partial charge in [-0.3, -0.25) is 4.79 Å². The Balaban J connectivity index is 1.22. The summed E-state index contributed by atoms with van der Waals surface area (Å²) in [5.74, 6) is 2.92. The van der Waals surface area contributed by atoms with E-state index < -0.39 is 0 Å². The Labute approximate surface area is 215 Å². The Morgan fingerprint density at radius 2 is 1.89 bits per heavy atom. The number of fused-ring (bicyclic) bond motifs is 1. The summed E-state index contributed by atoms with van der Waals surface area (Å²) in [6.45, 7) is 6.30. The zero-order valence-corrected chi connectivity index (χ0v) is 21.0. The fourth-order valence-electron chi connectivity index (χ4n) is 5.54. The van der Waals surface area contributed by atoms with Crippen LogP contribution in [0.15, 0.2) is 36.8 Å². The number of amides is 1. The van der Waals surface area contributed by atoms with E-state index in [4.69, 9.17) is 16.6 Å². The molecule has 9 nitrogen and oxygen atoms in total. The standard InChI is InChI=1S/C26H31ClN8O/c27-20-5-3-4-19(14-20)21-16-35(13-12-33-8-1-2-9-33)25(31-21)18-6-10-34(11-7-18)26-23-24(29-17-30-26)28-15-22(36)32-23/h3-5,14,16-18H,1-2,6-13,15H2,(H,32,36)(H,28,29,30). The summed E-state index contributed by atoms with van der Waals surface area (Å²) in [4.78, 5) is 30.7. The number of nitrogens with zero attached hydrogens (tertiary/aromatic N) is 6. The minimum atomic E-state index is -0.0676. The quantitative estimate of drug-likeness (QED) is 0.525. The number of carbonyl (C=O) groups is 1. The monoisotopic (exact) mass is 506 g/mol. The van der Waals surface area contributed by atoms with E-state index in [9.17, 15) is 4.79 Å². The summed E-state index contributed by atoms with van der Waals surface area (Å²) in [6, 6.07) is 7.94. The molecule has 5 heterocycles. The van der Waals surface area contributed by atoms with E-state index in [0.717, 1.165) is 66.9 Å². The summed E-state index contributed by atoms with van der Waals surface area (Å²) in [5.41, 5.74) is 2.72. The third-order valence-corrected chi connectivity index (χ3v) is 7.69. The van der Waals surface area contributed by atoms with E-state index >= 15 is 0 Å². The summed E-state index contributed by atoms with van der Waals surface area (Å²) >= 11 is 6.28. The van der Waals surface area contributed by atoms with Gasteiger partial charge in [-0.15, -0.1) is 0 Å². The van der Waals surface area contributed by atoms with Crippen LogP contribution in [0.4, 0.5) is 17.3 Å². The number of rotatable bonds is 6. The second-order valence-electron chi connectivity index (χ2n) is 9.82. The summed E-state index contributed by atoms with van der Waals surface area (Å²) in [5, 5.41) is 6.75. The van der Waals surface area contributed by atoms with Crippen molar-refractivity contribution in [3.8, 4) is 11.3 Å². The molecule has 188 valence electrons. The fraction of sp³-hybridized carbons (Fsp3) is 0.462. The molecule has 6 rings (SSSR count). The lowest BCUT2D eigenvalue weighted by Crippen LogP contribution is -2.37. The predicted molar refractivity (Wildman–Crippen MR) is 142 cm³/mol. The zero-order chi connectivity index (χ0) is 24.5. The van der Waals surface area contributed by atoms with Crippen LogP contribution in [-0.4, -0.2) is 69.6 Å². The van der Waals surface area contributed by atoms with Gasteiger partial charge >= 0.3 is 0 Å². The molecule has 3 aliphatic rings. The normalized spacial score (nSPS) is 18.7. The molecule has 1 aromatic carbocycles. The van der Waals surface area contributed by atoms with Crippen LogP contribution >= 0.6 is 11.6 Å². The smallest absolute Gasteiger partial charge is 0.243 e. The lowest BCUT2D eigenvalue weighted by atomic mass is 9.95. The van der Waals surface area contributed by atoms with Gasteiger partial charge < -0.3 is 25.0 Å². The van der Waals surface area contributed by atoms with Crippen molar-refractivity contribution in [1.82, 2.24) is 24.4 Å². The van der Waals surface area contributed by atoms with Crippen molar-refractivity contribution in [2.45, 2.75) is 38.1 Å². The average Bonchev–Trinajstić information content (AvgIpc) is 3.57. The predicted octanol–water partition coefficient (Wildman–Crippen LogP) is 3.84. The zero-order valence-electron chi connectivity index (χ0n) is 20.3. The van der Waals surface area contributed by atoms with Gasteiger partial charge in [-0.05, 0) is 50.9 Å². The molecule has 0 radical (unpaired) electrons. The summed E-state index contributed by atoms with van der Waals surface area (Å²) in [6.07, 6.45) is 8.29. The van der Waals surface area contributed by atoms with Crippen molar-refractivity contribution in [2.24, 2.45) is 0 Å². The Morgan fingerprint density at radius 3 is 2.69 bits per heavy atom. The first-order valence-electron chi connectivity index (χ1n) is 12.8. The SMILES string of the molecule is O=C1CNc2ncnc(N3CCC(c4nc(-c5cccc(Cl)c5)cn4CCN4CCCC4)CC3)c2N1. The molecule has 1 amide bonds. The highest BCUT2D eigenvalue weighted by Gasteiger charge is 2.29. The number of nitrogens with one attached hydrogen (secondary N) is 2. The molecule has 0 spiro atoms. The lowest BCUT2D eigenvalue weighted by Gasteiger charge is -2.34. The van der Waals surface area contributed by atoms with Crippen molar-refractivity contribution in [3.05, 3.63) is 47.6 Å². The average molecular weight is 507 g/mol. The van der Waals surface area contributed by atoms with Gasteiger partial charge in [0.25, 0.3) is 0 Å². The topological polar surface area (TPSA) is 91.2 Å². The van der Waals surface area contributed by atoms with Crippen molar-refractivity contribution in [2.75, 3.05) is 54.8 Å². The number of hydrogen-bond donors (Lipinski definition) is 2. The molecule has 10 heteroatoms. The molecule has 0 atom stereocenters. The van der Waals surface area contributed by atoms with Crippen LogP contribution in [0.25, 0.3) is 11.3 Å². The number of hydrogen-bond acceptors (Lipinski definition) is 7. The molecular weight excluding hydrogens is 476 g/mol. The summed E-state index contributed by atoms with van der Waals surface area (Å²) < 4.78 is 2.37. The number of halogens is 1. The van der Waals surface area contributed by atoms with Crippen molar-refractivity contribution in [3.63, 3.8) is 0 Å². The van der Waals surface area contributed by atoms with E-state index in [1.807, 2.05) is 18.2 Å². The van der Waals surface area contributed by atoms with Gasteiger partial charge in [0.2, 0.25) is 5.91 Å². The van der Waals surface area contributed by atoms with E-state index in [2.05, 4.69) is 47.2 Å². The Morgan fingerprint density at radius 1 is 1.06 bits per heavy atom. The van der Waals surface area contributed by atoms with Gasteiger partial charge in [0.05, 0.1) is 12.2 Å². The molecular formula is C26H31ClN8O. The number of aromatic nitrogens is 4. The highest BCUT2D eigenvalue weighted by atomic mass is 35.5. The molecule has 0 saturated carbocycles. The van der Waals surface area contributed by atoms with E-state index in [-0.39, 0.29) is 12.5 Å². The minimum Gasteiger partial charge on any atom is -0.359 e. The third-order valence-electron chi connectivity index (χ3n) is 7.45. The number of anilines is 3. The largest absolute Gasteiger partial charge is 0.359 e. The first-order valence-corrected chi connectivity index (χ1v) is 13.2. The molecule has 3 aromatic rings. The maximum atomic E-state index is 12.0. The van der Waals surface area contributed by atoms with Gasteiger partial charge in [0, 0.05) is 48.9 Å². The number of likely N-dealkylation sites (tertiary alicyclic amines) is 1. The van der Waals surface area contributed by atoms with Crippen LogP contribution in [0.2, 0.25) is 5.02 Å². The Kier molecular flexibility index (Phi) is 6.50. The van der Waals surface area contributed by atoms with E-state index in [0.29, 0.717) is 17.4 Å². The van der Waals surface area contributed by atoms with Crippen LogP contribution in [0.1, 0.15) is 37.4 Å². The molecule has 2 N–H and O–H groups in total. The maximum Gasteiger partial charge on any atom is 0.243 e. The van der Waals surface area contributed by atoms with E-state index in [1.54, 1.807) is 6.33 Å². The van der Waals surface area contributed by atoms with Crippen LogP contribution in [0, 0.1) is 0 Å². The summed E-state index contributed by atoms with van der Waals surface area (Å²) in [7, 11) is 0. The molecule has 0 unspecified atom stereocenters. The Bertz CT molecular complexity index is 1250. The van der Waals surface area contributed by atoms with Gasteiger partial charge in [-0.25, -0.2) is 15.0 Å². The molecule has 2 aromatic heterocycles. The first kappa shape index (κ1) is 23.2. The molecule has 0 aliphatic carbocycles. The van der Waals surface area contributed by atoms with Crippen LogP contribution in [0.5, 0.6) is 0 Å². The molecule has 2 fully saturated rings. The van der Waals surface area contributed by atoms with Crippen LogP contribution < -0.4 is 15.5 Å². The molecule has 36 heavy (non-hydrogen) atoms. The van der Waals surface area contributed by atoms with Gasteiger partial charge in [-0.1, -0.05) is 23.7 Å². The highest BCUT2D eigenvalue weighted by molar-refractivity contribution is 6.30. The van der Waals surface area contributed by atoms with Gasteiger partial charge in [0.15, 0.2) is 11.6 Å². The maximum absolute atomic E-state index is 12.0. The lowest BCUT2D eigenvalue weighted by molar-refractivity contribution is -0.114. The van der Waals surface area contributed by atoms with Gasteiger partial charge in [0.1, 0.15) is 17.8 Å². The fourth-order valence-corrected chi connectivity index (χ4v) is 5.73. The van der Waals surface area contributed by atoms with Gasteiger partial charge in [-0.2, -0.15) is 0 Å². The Hall–Kier alpha value is -3.17. The van der Waals surface area contributed by atoms with Crippen LogP contribution in [0.3, 0.4) is 0 Å². The van der Waals surface area contributed by atoms with Crippen LogP contribution in [-0.2, 0) is 11.3 Å². The first-order chi connectivity index (χ1) is 17.6. The second-order valence-corrected chi connectivity index (χ2v) is 10.3. The number of benzene rings is 1. The van der Waals surface area contributed by atoms with Crippen molar-refractivity contribution >= 4 is 34.8 Å². The molecule has 2 saturated heterocycles. The number of imidazole rings is 1. The third kappa shape index (κ3) is 4.77. The van der Waals surface area contributed by atoms with Crippen molar-refractivity contribution < 1.29 is 4.79 Å². The number of carbonyl (C=O) groups excluding carboxylic acids is 1. The van der Waals surface area contributed by atoms with Crippen molar-refractivity contribution in [1.29, 1.82) is 0 Å².